The molecule has 1 rings (SSSR count). The molecule has 1 saturated heterocycles. The lowest BCUT2D eigenvalue weighted by Gasteiger charge is -2.35. The second-order valence-corrected chi connectivity index (χ2v) is 9.26. The molecule has 0 aliphatic carbocycles. The number of aliphatic hydroxyl groups excluding tert-OH is 1. The first kappa shape index (κ1) is 25.2. The van der Waals surface area contributed by atoms with Gasteiger partial charge in [0, 0.05) is 13.7 Å². The highest BCUT2D eigenvalue weighted by Crippen LogP contribution is 2.26. The van der Waals surface area contributed by atoms with Crippen LogP contribution in [0.1, 0.15) is 26.7 Å². The van der Waals surface area contributed by atoms with Gasteiger partial charge < -0.3 is 19.9 Å². The molecule has 28 heavy (non-hydrogen) atoms. The van der Waals surface area contributed by atoms with Crippen molar-refractivity contribution in [2.24, 2.45) is 5.92 Å². The highest BCUT2D eigenvalue weighted by atomic mass is 35.6. The van der Waals surface area contributed by atoms with Crippen LogP contribution in [0.2, 0.25) is 0 Å². The van der Waals surface area contributed by atoms with E-state index in [1.54, 1.807) is 13.8 Å². The van der Waals surface area contributed by atoms with E-state index in [2.05, 4.69) is 10.7 Å². The van der Waals surface area contributed by atoms with Crippen molar-refractivity contribution in [3.8, 4) is 0 Å². The number of amides is 2. The van der Waals surface area contributed by atoms with Crippen LogP contribution in [-0.4, -0.2) is 76.7 Å². The maximum Gasteiger partial charge on any atom is 0.325 e. The Balaban J connectivity index is 2.72. The molecule has 162 valence electrons. The van der Waals surface area contributed by atoms with Crippen molar-refractivity contribution in [1.82, 2.24) is 15.8 Å². The summed E-state index contributed by atoms with van der Waals surface area (Å²) in [5, 5.41) is 13.5. The summed E-state index contributed by atoms with van der Waals surface area (Å²) in [4.78, 5) is 37.0. The van der Waals surface area contributed by atoms with Crippen molar-refractivity contribution in [2.75, 3.05) is 26.9 Å². The summed E-state index contributed by atoms with van der Waals surface area (Å²) in [5.74, 6) is -2.17. The monoisotopic (exact) mass is 461 g/mol. The van der Waals surface area contributed by atoms with Crippen molar-refractivity contribution >= 4 is 52.6 Å². The number of hydrogen-bond donors (Lipinski definition) is 3. The van der Waals surface area contributed by atoms with E-state index >= 15 is 0 Å². The zero-order valence-corrected chi connectivity index (χ0v) is 18.2. The summed E-state index contributed by atoms with van der Waals surface area (Å²) in [6.45, 7) is 3.15. The molecule has 1 aliphatic heterocycles. The van der Waals surface area contributed by atoms with Crippen molar-refractivity contribution in [1.29, 1.82) is 0 Å². The normalized spacial score (nSPS) is 19.9. The molecule has 1 fully saturated rings. The molecule has 0 aromatic rings. The summed E-state index contributed by atoms with van der Waals surface area (Å²) in [6.07, 6.45) is -0.309. The summed E-state index contributed by atoms with van der Waals surface area (Å²) in [6, 6.07) is -1.83. The number of alkyl halides is 3. The molecule has 0 bridgehead atoms. The Kier molecular flexibility index (Phi) is 10.2. The minimum absolute atomic E-state index is 0.101. The largest absolute Gasteiger partial charge is 0.460 e. The number of nitrogens with one attached hydrogen (secondary N) is 2. The molecule has 2 amide bonds. The van der Waals surface area contributed by atoms with Gasteiger partial charge in [0.2, 0.25) is 9.70 Å². The van der Waals surface area contributed by atoms with E-state index in [4.69, 9.17) is 44.3 Å². The van der Waals surface area contributed by atoms with Crippen molar-refractivity contribution in [3.05, 3.63) is 0 Å². The smallest absolute Gasteiger partial charge is 0.325 e. The first-order valence-electron chi connectivity index (χ1n) is 8.74. The summed E-state index contributed by atoms with van der Waals surface area (Å²) < 4.78 is 8.21. The molecule has 0 aromatic carbocycles. The highest BCUT2D eigenvalue weighted by molar-refractivity contribution is 6.67. The Morgan fingerprint density at radius 3 is 2.50 bits per heavy atom. The van der Waals surface area contributed by atoms with Crippen molar-refractivity contribution in [2.45, 2.75) is 48.7 Å². The number of methoxy groups -OCH3 is 1. The fourth-order valence-electron chi connectivity index (χ4n) is 2.46. The third kappa shape index (κ3) is 8.26. The lowest BCUT2D eigenvalue weighted by atomic mass is 10.1. The van der Waals surface area contributed by atoms with Gasteiger partial charge in [-0.05, 0) is 18.8 Å². The fraction of sp³-hybridized carbons (Fsp3) is 0.812. The zero-order valence-electron chi connectivity index (χ0n) is 15.9. The standard InChI is InChI=1S/C16H26Cl3N3O6/c1-9(2)12(23)13(24)20-11(7-27-3)14(25)22-6-4-5-10(21-22)15(26)28-8-16(17,18)19/h9-12,21,23H,4-8H2,1-3H3,(H,20,24)/t10-,11?,12?/m0/s1. The van der Waals surface area contributed by atoms with Crippen molar-refractivity contribution in [3.63, 3.8) is 0 Å². The summed E-state index contributed by atoms with van der Waals surface area (Å²) in [7, 11) is 1.38. The van der Waals surface area contributed by atoms with Gasteiger partial charge in [0.05, 0.1) is 6.61 Å². The number of halogens is 3. The number of aliphatic hydroxyl groups is 1. The number of rotatable bonds is 8. The van der Waals surface area contributed by atoms with Crippen LogP contribution in [0.15, 0.2) is 0 Å². The number of esters is 1. The Bertz CT molecular complexity index is 558. The van der Waals surface area contributed by atoms with Crippen LogP contribution in [-0.2, 0) is 23.9 Å². The minimum atomic E-state index is -1.73. The first-order valence-corrected chi connectivity index (χ1v) is 9.88. The minimum Gasteiger partial charge on any atom is -0.460 e. The van der Waals surface area contributed by atoms with Crippen LogP contribution in [0.3, 0.4) is 0 Å². The van der Waals surface area contributed by atoms with E-state index < -0.39 is 46.4 Å². The molecular weight excluding hydrogens is 437 g/mol. The molecule has 12 heteroatoms. The van der Waals surface area contributed by atoms with E-state index in [-0.39, 0.29) is 12.5 Å². The Hall–Kier alpha value is -0.840. The third-order valence-electron chi connectivity index (χ3n) is 3.96. The van der Waals surface area contributed by atoms with Crippen LogP contribution >= 0.6 is 34.8 Å². The SMILES string of the molecule is COCC(NC(=O)C(O)C(C)C)C(=O)N1CCC[C@@H](C(=O)OCC(Cl)(Cl)Cl)N1. The van der Waals surface area contributed by atoms with E-state index in [0.29, 0.717) is 19.4 Å². The van der Waals surface area contributed by atoms with Gasteiger partial charge in [-0.2, -0.15) is 0 Å². The van der Waals surface area contributed by atoms with Gasteiger partial charge in [-0.1, -0.05) is 48.7 Å². The average molecular weight is 463 g/mol. The number of carbonyl (C=O) groups excluding carboxylic acids is 3. The number of nitrogens with zero attached hydrogens (tertiary/aromatic N) is 1. The number of ether oxygens (including phenoxy) is 2. The van der Waals surface area contributed by atoms with Crippen LogP contribution in [0.5, 0.6) is 0 Å². The fourth-order valence-corrected chi connectivity index (χ4v) is 2.62. The number of hydrogen-bond acceptors (Lipinski definition) is 7. The van der Waals surface area contributed by atoms with Gasteiger partial charge in [-0.3, -0.25) is 19.4 Å². The zero-order chi connectivity index (χ0) is 21.5. The predicted molar refractivity (Wildman–Crippen MR) is 104 cm³/mol. The van der Waals surface area contributed by atoms with Crippen LogP contribution in [0.4, 0.5) is 0 Å². The lowest BCUT2D eigenvalue weighted by Crippen LogP contribution is -2.61. The molecule has 0 radical (unpaired) electrons. The van der Waals surface area contributed by atoms with Crippen LogP contribution < -0.4 is 10.7 Å². The molecule has 0 spiro atoms. The molecule has 3 atom stereocenters. The third-order valence-corrected chi connectivity index (χ3v) is 4.29. The van der Waals surface area contributed by atoms with Crippen molar-refractivity contribution < 1.29 is 29.0 Å². The van der Waals surface area contributed by atoms with Gasteiger partial charge in [0.1, 0.15) is 24.8 Å². The van der Waals surface area contributed by atoms with E-state index in [1.165, 1.54) is 12.1 Å². The highest BCUT2D eigenvalue weighted by Gasteiger charge is 2.35. The second kappa shape index (κ2) is 11.4. The van der Waals surface area contributed by atoms with Gasteiger partial charge >= 0.3 is 5.97 Å². The number of hydrazine groups is 1. The van der Waals surface area contributed by atoms with Gasteiger partial charge in [-0.15, -0.1) is 0 Å². The number of carbonyl (C=O) groups is 3. The molecule has 9 nitrogen and oxygen atoms in total. The quantitative estimate of drug-likeness (QED) is 0.356. The maximum absolute atomic E-state index is 12.8. The molecule has 0 saturated carbocycles. The Morgan fingerprint density at radius 2 is 1.96 bits per heavy atom. The van der Waals surface area contributed by atoms with E-state index in [1.807, 2.05) is 0 Å². The predicted octanol–water partition coefficient (Wildman–Crippen LogP) is 0.543. The molecular formula is C16H26Cl3N3O6. The first-order chi connectivity index (χ1) is 13.0. The van der Waals surface area contributed by atoms with Gasteiger partial charge in [-0.25, -0.2) is 5.43 Å². The maximum atomic E-state index is 12.8. The molecule has 3 N–H and O–H groups in total. The molecule has 2 unspecified atom stereocenters. The molecule has 1 heterocycles. The summed E-state index contributed by atoms with van der Waals surface area (Å²) >= 11 is 16.7. The topological polar surface area (TPSA) is 117 Å². The average Bonchev–Trinajstić information content (AvgIpc) is 2.63. The molecule has 1 aliphatic rings. The van der Waals surface area contributed by atoms with Gasteiger partial charge in [0.25, 0.3) is 5.91 Å². The Labute approximate surface area is 178 Å². The van der Waals surface area contributed by atoms with Gasteiger partial charge in [0.15, 0.2) is 0 Å². The van der Waals surface area contributed by atoms with E-state index in [9.17, 15) is 19.5 Å². The van der Waals surface area contributed by atoms with Crippen LogP contribution in [0, 0.1) is 5.92 Å². The van der Waals surface area contributed by atoms with Crippen LogP contribution in [0.25, 0.3) is 0 Å². The van der Waals surface area contributed by atoms with E-state index in [0.717, 1.165) is 0 Å². The Morgan fingerprint density at radius 1 is 1.32 bits per heavy atom. The summed E-state index contributed by atoms with van der Waals surface area (Å²) in [5.41, 5.74) is 2.76. The lowest BCUT2D eigenvalue weighted by molar-refractivity contribution is -0.153. The molecule has 0 aromatic heterocycles. The second-order valence-electron chi connectivity index (χ2n) is 6.74.